The van der Waals surface area contributed by atoms with Gasteiger partial charge in [-0.05, 0) is 36.8 Å². The van der Waals surface area contributed by atoms with Crippen molar-refractivity contribution in [2.24, 2.45) is 0 Å². The second-order valence-electron chi connectivity index (χ2n) is 4.46. The maximum atomic E-state index is 11.2. The van der Waals surface area contributed by atoms with Crippen molar-refractivity contribution in [3.05, 3.63) is 52.8 Å². The van der Waals surface area contributed by atoms with E-state index in [0.29, 0.717) is 0 Å². The second kappa shape index (κ2) is 4.68. The summed E-state index contributed by atoms with van der Waals surface area (Å²) in [6.07, 6.45) is 2.59. The first-order valence-corrected chi connectivity index (χ1v) is 6.28. The molecule has 0 saturated carbocycles. The van der Waals surface area contributed by atoms with Crippen molar-refractivity contribution in [2.75, 3.05) is 5.32 Å². The lowest BCUT2D eigenvalue weighted by Gasteiger charge is -2.15. The molecule has 0 aliphatic rings. The number of aromatic nitrogens is 2. The molecule has 1 unspecified atom stereocenters. The molecule has 1 aromatic carbocycles. The highest BCUT2D eigenvalue weighted by atomic mass is 16.3. The maximum Gasteiger partial charge on any atom is 0.323 e. The predicted octanol–water partition coefficient (Wildman–Crippen LogP) is 3.01. The van der Waals surface area contributed by atoms with E-state index in [1.807, 2.05) is 30.3 Å². The van der Waals surface area contributed by atoms with Crippen LogP contribution in [-0.2, 0) is 0 Å². The molecule has 1 atom stereocenters. The van der Waals surface area contributed by atoms with Crippen LogP contribution in [0.4, 0.5) is 5.69 Å². The Morgan fingerprint density at radius 2 is 2.11 bits per heavy atom. The average molecular weight is 257 g/mol. The smallest absolute Gasteiger partial charge is 0.323 e. The zero-order chi connectivity index (χ0) is 13.2. The minimum atomic E-state index is -0.190. The molecule has 3 rings (SSSR count). The van der Waals surface area contributed by atoms with Gasteiger partial charge in [0, 0.05) is 5.69 Å². The van der Waals surface area contributed by atoms with Crippen LogP contribution in [0.15, 0.2) is 45.8 Å². The largest absolute Gasteiger partial charge is 0.467 e. The fraction of sp³-hybridized carbons (Fsp3) is 0.214. The van der Waals surface area contributed by atoms with Gasteiger partial charge < -0.3 is 19.7 Å². The van der Waals surface area contributed by atoms with Crippen LogP contribution in [0.5, 0.6) is 0 Å². The summed E-state index contributed by atoms with van der Waals surface area (Å²) in [6, 6.07) is 9.70. The molecule has 5 nitrogen and oxygen atoms in total. The summed E-state index contributed by atoms with van der Waals surface area (Å²) in [5, 5.41) is 3.40. The van der Waals surface area contributed by atoms with Crippen LogP contribution < -0.4 is 11.0 Å². The number of fused-ring (bicyclic) bond motifs is 1. The number of hydrogen-bond donors (Lipinski definition) is 3. The SMILES string of the molecule is CCC(Nc1ccc2[nH]c(=O)[nH]c2c1)c1ccco1. The van der Waals surface area contributed by atoms with Crippen LogP contribution in [0.25, 0.3) is 11.0 Å². The van der Waals surface area contributed by atoms with E-state index >= 15 is 0 Å². The van der Waals surface area contributed by atoms with E-state index < -0.39 is 0 Å². The Kier molecular flexibility index (Phi) is 2.87. The van der Waals surface area contributed by atoms with Crippen molar-refractivity contribution in [3.63, 3.8) is 0 Å². The number of rotatable bonds is 4. The normalized spacial score (nSPS) is 12.7. The molecule has 3 N–H and O–H groups in total. The average Bonchev–Trinajstić information content (AvgIpc) is 3.03. The summed E-state index contributed by atoms with van der Waals surface area (Å²) in [5.74, 6) is 0.908. The predicted molar refractivity (Wildman–Crippen MR) is 74.3 cm³/mol. The van der Waals surface area contributed by atoms with Gasteiger partial charge in [0.25, 0.3) is 0 Å². The van der Waals surface area contributed by atoms with Crippen molar-refractivity contribution in [3.8, 4) is 0 Å². The van der Waals surface area contributed by atoms with Gasteiger partial charge in [0.05, 0.1) is 23.3 Å². The molecule has 0 bridgehead atoms. The van der Waals surface area contributed by atoms with Crippen LogP contribution >= 0.6 is 0 Å². The molecule has 5 heteroatoms. The maximum absolute atomic E-state index is 11.2. The molecule has 0 fully saturated rings. The van der Waals surface area contributed by atoms with E-state index in [1.165, 1.54) is 0 Å². The van der Waals surface area contributed by atoms with Crippen molar-refractivity contribution in [2.45, 2.75) is 19.4 Å². The number of aromatic amines is 2. The topological polar surface area (TPSA) is 73.8 Å². The number of imidazole rings is 1. The molecule has 98 valence electrons. The molecule has 3 aromatic rings. The number of anilines is 1. The Morgan fingerprint density at radius 1 is 1.26 bits per heavy atom. The summed E-state index contributed by atoms with van der Waals surface area (Å²) in [4.78, 5) is 16.7. The van der Waals surface area contributed by atoms with Gasteiger partial charge in [0.15, 0.2) is 0 Å². The Labute approximate surface area is 109 Å². The lowest BCUT2D eigenvalue weighted by atomic mass is 10.1. The van der Waals surface area contributed by atoms with Crippen molar-refractivity contribution < 1.29 is 4.42 Å². The van der Waals surface area contributed by atoms with Gasteiger partial charge in [-0.15, -0.1) is 0 Å². The van der Waals surface area contributed by atoms with Crippen molar-refractivity contribution >= 4 is 16.7 Å². The highest BCUT2D eigenvalue weighted by Crippen LogP contribution is 2.24. The molecular formula is C14H15N3O2. The minimum absolute atomic E-state index is 0.123. The molecule has 0 aliphatic heterocycles. The molecule has 0 radical (unpaired) electrons. The van der Waals surface area contributed by atoms with E-state index in [9.17, 15) is 4.79 Å². The first-order valence-electron chi connectivity index (χ1n) is 6.28. The van der Waals surface area contributed by atoms with Crippen LogP contribution in [0.3, 0.4) is 0 Å². The van der Waals surface area contributed by atoms with Gasteiger partial charge in [0.2, 0.25) is 0 Å². The van der Waals surface area contributed by atoms with Gasteiger partial charge >= 0.3 is 5.69 Å². The summed E-state index contributed by atoms with van der Waals surface area (Å²) in [5.41, 5.74) is 2.36. The lowest BCUT2D eigenvalue weighted by molar-refractivity contribution is 0.474. The van der Waals surface area contributed by atoms with E-state index in [1.54, 1.807) is 6.26 Å². The van der Waals surface area contributed by atoms with E-state index in [2.05, 4.69) is 22.2 Å². The van der Waals surface area contributed by atoms with Gasteiger partial charge in [-0.2, -0.15) is 0 Å². The Hall–Kier alpha value is -2.43. The first kappa shape index (κ1) is 11.6. The van der Waals surface area contributed by atoms with Gasteiger partial charge in [-0.3, -0.25) is 0 Å². The zero-order valence-electron chi connectivity index (χ0n) is 10.6. The fourth-order valence-corrected chi connectivity index (χ4v) is 2.19. The van der Waals surface area contributed by atoms with Gasteiger partial charge in [-0.1, -0.05) is 6.92 Å². The van der Waals surface area contributed by atoms with Crippen molar-refractivity contribution in [1.82, 2.24) is 9.97 Å². The van der Waals surface area contributed by atoms with E-state index in [0.717, 1.165) is 28.9 Å². The third-order valence-corrected chi connectivity index (χ3v) is 3.15. The highest BCUT2D eigenvalue weighted by Gasteiger charge is 2.12. The monoisotopic (exact) mass is 257 g/mol. The molecule has 2 aromatic heterocycles. The second-order valence-corrected chi connectivity index (χ2v) is 4.46. The molecule has 0 aliphatic carbocycles. The Morgan fingerprint density at radius 3 is 2.84 bits per heavy atom. The summed E-state index contributed by atoms with van der Waals surface area (Å²) in [6.45, 7) is 2.09. The standard InChI is InChI=1S/C14H15N3O2/c1-2-10(13-4-3-7-19-13)15-9-5-6-11-12(8-9)17-14(18)16-11/h3-8,10,15H,2H2,1H3,(H2,16,17,18). The summed E-state index contributed by atoms with van der Waals surface area (Å²) >= 11 is 0. The van der Waals surface area contributed by atoms with Crippen LogP contribution in [0, 0.1) is 0 Å². The fourth-order valence-electron chi connectivity index (χ4n) is 2.19. The van der Waals surface area contributed by atoms with Crippen LogP contribution in [-0.4, -0.2) is 9.97 Å². The third-order valence-electron chi connectivity index (χ3n) is 3.15. The van der Waals surface area contributed by atoms with E-state index in [-0.39, 0.29) is 11.7 Å². The van der Waals surface area contributed by atoms with Gasteiger partial charge in [-0.25, -0.2) is 4.79 Å². The van der Waals surface area contributed by atoms with Gasteiger partial charge in [0.1, 0.15) is 5.76 Å². The molecule has 19 heavy (non-hydrogen) atoms. The minimum Gasteiger partial charge on any atom is -0.467 e. The van der Waals surface area contributed by atoms with Crippen molar-refractivity contribution in [1.29, 1.82) is 0 Å². The number of nitrogens with one attached hydrogen (secondary N) is 3. The number of hydrogen-bond acceptors (Lipinski definition) is 3. The Balaban J connectivity index is 1.89. The van der Waals surface area contributed by atoms with Crippen LogP contribution in [0.1, 0.15) is 25.1 Å². The molecule has 0 saturated heterocycles. The molecule has 0 amide bonds. The number of benzene rings is 1. The zero-order valence-corrected chi connectivity index (χ0v) is 10.6. The molecular weight excluding hydrogens is 242 g/mol. The molecule has 0 spiro atoms. The highest BCUT2D eigenvalue weighted by molar-refractivity contribution is 5.78. The molecule has 2 heterocycles. The summed E-state index contributed by atoms with van der Waals surface area (Å²) in [7, 11) is 0. The number of furan rings is 1. The third kappa shape index (κ3) is 2.27. The number of H-pyrrole nitrogens is 2. The summed E-state index contributed by atoms with van der Waals surface area (Å²) < 4.78 is 5.42. The quantitative estimate of drug-likeness (QED) is 0.672. The van der Waals surface area contributed by atoms with E-state index in [4.69, 9.17) is 4.42 Å². The first-order chi connectivity index (χ1) is 9.26. The van der Waals surface area contributed by atoms with Crippen LogP contribution in [0.2, 0.25) is 0 Å². The Bertz CT molecular complexity index is 725. The lowest BCUT2D eigenvalue weighted by Crippen LogP contribution is -2.08.